The second-order valence-electron chi connectivity index (χ2n) is 3.75. The summed E-state index contributed by atoms with van der Waals surface area (Å²) in [5.74, 6) is 1.26. The van der Waals surface area contributed by atoms with Crippen molar-refractivity contribution in [3.63, 3.8) is 0 Å². The number of nitrogens with one attached hydrogen (secondary N) is 1. The molecular weight excluding hydrogens is 226 g/mol. The third-order valence-electron chi connectivity index (χ3n) is 2.16. The van der Waals surface area contributed by atoms with Crippen LogP contribution < -0.4 is 5.32 Å². The molecule has 0 amide bonds. The predicted octanol–water partition coefficient (Wildman–Crippen LogP) is 1.76. The fourth-order valence-electron chi connectivity index (χ4n) is 1.29. The molecule has 2 N–H and O–H groups in total. The third-order valence-corrected chi connectivity index (χ3v) is 2.93. The number of aliphatic hydroxyl groups is 1. The van der Waals surface area contributed by atoms with Crippen molar-refractivity contribution >= 4 is 16.7 Å². The van der Waals surface area contributed by atoms with E-state index in [0.29, 0.717) is 17.4 Å². The summed E-state index contributed by atoms with van der Waals surface area (Å²) in [4.78, 5) is 4.15. The molecular formula is C10H13N3O2S. The van der Waals surface area contributed by atoms with E-state index >= 15 is 0 Å². The van der Waals surface area contributed by atoms with Gasteiger partial charge in [0.15, 0.2) is 0 Å². The van der Waals surface area contributed by atoms with E-state index in [2.05, 4.69) is 14.7 Å². The topological polar surface area (TPSA) is 71.2 Å². The van der Waals surface area contributed by atoms with Crippen molar-refractivity contribution in [3.8, 4) is 0 Å². The summed E-state index contributed by atoms with van der Waals surface area (Å²) in [5, 5.41) is 13.9. The van der Waals surface area contributed by atoms with E-state index in [4.69, 9.17) is 4.42 Å². The lowest BCUT2D eigenvalue weighted by atomic mass is 10.0. The molecule has 0 aromatic carbocycles. The van der Waals surface area contributed by atoms with Gasteiger partial charge in [-0.3, -0.25) is 0 Å². The van der Waals surface area contributed by atoms with Crippen molar-refractivity contribution in [1.29, 1.82) is 0 Å². The predicted molar refractivity (Wildman–Crippen MR) is 61.4 cm³/mol. The highest BCUT2D eigenvalue weighted by atomic mass is 32.1. The molecule has 2 aromatic rings. The van der Waals surface area contributed by atoms with Crippen LogP contribution in [0.4, 0.5) is 5.13 Å². The van der Waals surface area contributed by atoms with E-state index in [1.165, 1.54) is 11.5 Å². The second kappa shape index (κ2) is 4.23. The molecule has 2 heterocycles. The molecule has 16 heavy (non-hydrogen) atoms. The number of rotatable bonds is 4. The van der Waals surface area contributed by atoms with Crippen LogP contribution in [0.1, 0.15) is 18.5 Å². The standard InChI is InChI=1S/C10H13N3O2S/c1-7-12-9(16-13-7)11-6-10(2,14)8-4-3-5-15-8/h3-5,14H,6H2,1-2H3,(H,11,12,13). The Morgan fingerprint density at radius 1 is 1.62 bits per heavy atom. The van der Waals surface area contributed by atoms with Crippen LogP contribution in [0, 0.1) is 6.92 Å². The number of hydrogen-bond acceptors (Lipinski definition) is 6. The van der Waals surface area contributed by atoms with Gasteiger partial charge in [0.05, 0.1) is 12.8 Å². The van der Waals surface area contributed by atoms with Crippen molar-refractivity contribution in [1.82, 2.24) is 9.36 Å². The largest absolute Gasteiger partial charge is 0.466 e. The summed E-state index contributed by atoms with van der Waals surface area (Å²) < 4.78 is 9.21. The van der Waals surface area contributed by atoms with Gasteiger partial charge >= 0.3 is 0 Å². The molecule has 0 saturated carbocycles. The maximum absolute atomic E-state index is 10.1. The highest BCUT2D eigenvalue weighted by molar-refractivity contribution is 7.09. The zero-order valence-electron chi connectivity index (χ0n) is 9.10. The van der Waals surface area contributed by atoms with Crippen molar-refractivity contribution in [2.24, 2.45) is 0 Å². The van der Waals surface area contributed by atoms with Crippen LogP contribution in [0.25, 0.3) is 0 Å². The number of hydrogen-bond donors (Lipinski definition) is 2. The van der Waals surface area contributed by atoms with Crippen LogP contribution in [-0.4, -0.2) is 21.0 Å². The molecule has 2 aromatic heterocycles. The smallest absolute Gasteiger partial charge is 0.202 e. The average molecular weight is 239 g/mol. The molecule has 0 aliphatic heterocycles. The number of aromatic nitrogens is 2. The SMILES string of the molecule is Cc1nsc(NCC(C)(O)c2ccco2)n1. The third kappa shape index (κ3) is 2.40. The molecule has 6 heteroatoms. The van der Waals surface area contributed by atoms with E-state index < -0.39 is 5.60 Å². The highest BCUT2D eigenvalue weighted by Gasteiger charge is 2.26. The Hall–Kier alpha value is -1.40. The fraction of sp³-hybridized carbons (Fsp3) is 0.400. The molecule has 0 fully saturated rings. The Bertz CT molecular complexity index is 450. The number of aryl methyl sites for hydroxylation is 1. The van der Waals surface area contributed by atoms with E-state index in [-0.39, 0.29) is 0 Å². The molecule has 0 saturated heterocycles. The summed E-state index contributed by atoms with van der Waals surface area (Å²) in [6, 6.07) is 3.49. The molecule has 2 rings (SSSR count). The molecule has 1 atom stereocenters. The monoisotopic (exact) mass is 239 g/mol. The fourth-order valence-corrected chi connectivity index (χ4v) is 1.86. The number of anilines is 1. The number of nitrogens with zero attached hydrogens (tertiary/aromatic N) is 2. The summed E-state index contributed by atoms with van der Waals surface area (Å²) in [6.07, 6.45) is 1.54. The molecule has 1 unspecified atom stereocenters. The van der Waals surface area contributed by atoms with Crippen LogP contribution in [0.2, 0.25) is 0 Å². The van der Waals surface area contributed by atoms with Gasteiger partial charge in [0.25, 0.3) is 0 Å². The Morgan fingerprint density at radius 3 is 3.00 bits per heavy atom. The Balaban J connectivity index is 2.00. The van der Waals surface area contributed by atoms with Gasteiger partial charge in [-0.1, -0.05) is 0 Å². The minimum atomic E-state index is -1.05. The first kappa shape index (κ1) is 11.1. The normalized spacial score (nSPS) is 14.7. The molecule has 0 spiro atoms. The Kier molecular flexibility index (Phi) is 2.93. The van der Waals surface area contributed by atoms with E-state index in [9.17, 15) is 5.11 Å². The second-order valence-corrected chi connectivity index (χ2v) is 4.50. The first-order valence-electron chi connectivity index (χ1n) is 4.88. The lowest BCUT2D eigenvalue weighted by molar-refractivity contribution is 0.0476. The van der Waals surface area contributed by atoms with Crippen LogP contribution in [0.5, 0.6) is 0 Å². The summed E-state index contributed by atoms with van der Waals surface area (Å²) in [7, 11) is 0. The van der Waals surface area contributed by atoms with Gasteiger partial charge in [0.2, 0.25) is 5.13 Å². The average Bonchev–Trinajstić information content (AvgIpc) is 2.85. The van der Waals surface area contributed by atoms with E-state index in [0.717, 1.165) is 5.82 Å². The zero-order valence-corrected chi connectivity index (χ0v) is 9.91. The molecule has 5 nitrogen and oxygen atoms in total. The lowest BCUT2D eigenvalue weighted by Gasteiger charge is -2.20. The minimum absolute atomic E-state index is 0.329. The minimum Gasteiger partial charge on any atom is -0.466 e. The summed E-state index contributed by atoms with van der Waals surface area (Å²) >= 11 is 1.27. The number of furan rings is 1. The molecule has 86 valence electrons. The van der Waals surface area contributed by atoms with E-state index in [1.54, 1.807) is 25.3 Å². The van der Waals surface area contributed by atoms with Crippen molar-refractivity contribution in [3.05, 3.63) is 30.0 Å². The summed E-state index contributed by atoms with van der Waals surface area (Å²) in [5.41, 5.74) is -1.05. The van der Waals surface area contributed by atoms with Crippen LogP contribution in [0.3, 0.4) is 0 Å². The maximum atomic E-state index is 10.1. The Morgan fingerprint density at radius 2 is 2.44 bits per heavy atom. The Labute approximate surface area is 97.3 Å². The van der Waals surface area contributed by atoms with Gasteiger partial charge in [-0.15, -0.1) is 0 Å². The highest BCUT2D eigenvalue weighted by Crippen LogP contribution is 2.22. The van der Waals surface area contributed by atoms with Gasteiger partial charge in [-0.05, 0) is 26.0 Å². The molecule has 0 aliphatic carbocycles. The summed E-state index contributed by atoms with van der Waals surface area (Å²) in [6.45, 7) is 3.84. The van der Waals surface area contributed by atoms with Gasteiger partial charge < -0.3 is 14.8 Å². The molecule has 0 radical (unpaired) electrons. The maximum Gasteiger partial charge on any atom is 0.202 e. The van der Waals surface area contributed by atoms with Gasteiger partial charge in [0.1, 0.15) is 17.2 Å². The first-order chi connectivity index (χ1) is 7.58. The van der Waals surface area contributed by atoms with Crippen molar-refractivity contribution in [2.75, 3.05) is 11.9 Å². The quantitative estimate of drug-likeness (QED) is 0.850. The molecule has 0 aliphatic rings. The molecule has 0 bridgehead atoms. The van der Waals surface area contributed by atoms with Gasteiger partial charge in [-0.2, -0.15) is 4.37 Å². The zero-order chi connectivity index (χ0) is 11.6. The van der Waals surface area contributed by atoms with Crippen LogP contribution in [0.15, 0.2) is 22.8 Å². The van der Waals surface area contributed by atoms with Crippen LogP contribution >= 0.6 is 11.5 Å². The van der Waals surface area contributed by atoms with E-state index in [1.807, 2.05) is 6.92 Å². The van der Waals surface area contributed by atoms with Gasteiger partial charge in [-0.25, -0.2) is 4.98 Å². The van der Waals surface area contributed by atoms with Crippen molar-refractivity contribution < 1.29 is 9.52 Å². The van der Waals surface area contributed by atoms with Crippen molar-refractivity contribution in [2.45, 2.75) is 19.4 Å². The first-order valence-corrected chi connectivity index (χ1v) is 5.66. The van der Waals surface area contributed by atoms with Crippen LogP contribution in [-0.2, 0) is 5.60 Å². The van der Waals surface area contributed by atoms with Gasteiger partial charge in [0, 0.05) is 11.5 Å². The lowest BCUT2D eigenvalue weighted by Crippen LogP contribution is -2.30.